The zero-order valence-electron chi connectivity index (χ0n) is 12.1. The predicted molar refractivity (Wildman–Crippen MR) is 78.8 cm³/mol. The van der Waals surface area contributed by atoms with Gasteiger partial charge >= 0.3 is 0 Å². The molecule has 1 unspecified atom stereocenters. The Balaban J connectivity index is 3.00. The van der Waals surface area contributed by atoms with Gasteiger partial charge in [0.05, 0.1) is 22.0 Å². The summed E-state index contributed by atoms with van der Waals surface area (Å²) in [5, 5.41) is 15.0. The van der Waals surface area contributed by atoms with Crippen molar-refractivity contribution in [3.05, 3.63) is 15.9 Å². The molecule has 0 aliphatic carbocycles. The molecule has 0 aliphatic heterocycles. The van der Waals surface area contributed by atoms with E-state index >= 15 is 0 Å². The highest BCUT2D eigenvalue weighted by molar-refractivity contribution is 9.10. The third kappa shape index (κ3) is 3.15. The van der Waals surface area contributed by atoms with Gasteiger partial charge in [-0.05, 0) is 41.1 Å². The summed E-state index contributed by atoms with van der Waals surface area (Å²) in [4.78, 5) is 0. The zero-order valence-corrected chi connectivity index (χ0v) is 13.7. The molecule has 0 radical (unpaired) electrons. The molecule has 18 heavy (non-hydrogen) atoms. The lowest BCUT2D eigenvalue weighted by Crippen LogP contribution is -2.31. The summed E-state index contributed by atoms with van der Waals surface area (Å²) >= 11 is 3.63. The molecule has 3 nitrogen and oxygen atoms in total. The average Bonchev–Trinajstić information content (AvgIpc) is 2.66. The SMILES string of the molecule is CCc1nn(CC)c(CC(O)C(C)(C)CC)c1Br. The zero-order chi connectivity index (χ0) is 13.9. The fraction of sp³-hybridized carbons (Fsp3) is 0.786. The molecule has 0 spiro atoms. The number of rotatable bonds is 6. The van der Waals surface area contributed by atoms with Crippen LogP contribution in [0.25, 0.3) is 0 Å². The van der Waals surface area contributed by atoms with Gasteiger partial charge in [0.25, 0.3) is 0 Å². The highest BCUT2D eigenvalue weighted by atomic mass is 79.9. The Morgan fingerprint density at radius 3 is 2.39 bits per heavy atom. The van der Waals surface area contributed by atoms with E-state index in [0.29, 0.717) is 6.42 Å². The maximum absolute atomic E-state index is 10.4. The maximum atomic E-state index is 10.4. The number of hydrogen-bond acceptors (Lipinski definition) is 2. The van der Waals surface area contributed by atoms with Gasteiger partial charge in [-0.2, -0.15) is 5.10 Å². The Morgan fingerprint density at radius 2 is 1.94 bits per heavy atom. The number of hydrogen-bond donors (Lipinski definition) is 1. The molecule has 0 amide bonds. The van der Waals surface area contributed by atoms with E-state index in [1.165, 1.54) is 0 Å². The van der Waals surface area contributed by atoms with Crippen molar-refractivity contribution in [1.29, 1.82) is 0 Å². The van der Waals surface area contributed by atoms with Crippen molar-refractivity contribution >= 4 is 15.9 Å². The van der Waals surface area contributed by atoms with Gasteiger partial charge < -0.3 is 5.11 Å². The van der Waals surface area contributed by atoms with Gasteiger partial charge in [-0.1, -0.05) is 27.7 Å². The lowest BCUT2D eigenvalue weighted by Gasteiger charge is -2.29. The smallest absolute Gasteiger partial charge is 0.0766 e. The molecule has 1 atom stereocenters. The molecule has 0 bridgehead atoms. The largest absolute Gasteiger partial charge is 0.392 e. The molecule has 1 aromatic heterocycles. The Kier molecular flexibility index (Phi) is 5.41. The van der Waals surface area contributed by atoms with Crippen molar-refractivity contribution in [1.82, 2.24) is 9.78 Å². The molecular formula is C14H25BrN2O. The number of aryl methyl sites for hydroxylation is 2. The first kappa shape index (κ1) is 15.7. The Bertz CT molecular complexity index is 399. The Hall–Kier alpha value is -0.350. The number of aliphatic hydroxyl groups excluding tert-OH is 1. The molecule has 0 saturated carbocycles. The van der Waals surface area contributed by atoms with E-state index in [-0.39, 0.29) is 11.5 Å². The van der Waals surface area contributed by atoms with Crippen LogP contribution in [-0.2, 0) is 19.4 Å². The number of halogens is 1. The van der Waals surface area contributed by atoms with Gasteiger partial charge in [0, 0.05) is 13.0 Å². The molecule has 4 heteroatoms. The average molecular weight is 317 g/mol. The van der Waals surface area contributed by atoms with Gasteiger partial charge in [-0.15, -0.1) is 0 Å². The summed E-state index contributed by atoms with van der Waals surface area (Å²) in [6, 6.07) is 0. The summed E-state index contributed by atoms with van der Waals surface area (Å²) in [7, 11) is 0. The highest BCUT2D eigenvalue weighted by Gasteiger charge is 2.28. The summed E-state index contributed by atoms with van der Waals surface area (Å²) in [5.41, 5.74) is 2.13. The van der Waals surface area contributed by atoms with Crippen molar-refractivity contribution < 1.29 is 5.11 Å². The Labute approximate surface area is 119 Å². The molecule has 0 aromatic carbocycles. The van der Waals surface area contributed by atoms with Crippen LogP contribution in [0.4, 0.5) is 0 Å². The van der Waals surface area contributed by atoms with Crippen LogP contribution in [0.5, 0.6) is 0 Å². The fourth-order valence-electron chi connectivity index (χ4n) is 1.91. The second kappa shape index (κ2) is 6.20. The van der Waals surface area contributed by atoms with Crippen molar-refractivity contribution in [2.75, 3.05) is 0 Å². The van der Waals surface area contributed by atoms with E-state index in [0.717, 1.165) is 35.2 Å². The summed E-state index contributed by atoms with van der Waals surface area (Å²) in [6.45, 7) is 11.4. The summed E-state index contributed by atoms with van der Waals surface area (Å²) in [6.07, 6.45) is 2.19. The standard InChI is InChI=1S/C14H25BrN2O/c1-6-10-13(15)11(17(8-3)16-10)9-12(18)14(4,5)7-2/h12,18H,6-9H2,1-5H3. The first-order chi connectivity index (χ1) is 8.37. The topological polar surface area (TPSA) is 38.0 Å². The summed E-state index contributed by atoms with van der Waals surface area (Å²) in [5.74, 6) is 0. The van der Waals surface area contributed by atoms with Gasteiger partial charge in [0.1, 0.15) is 0 Å². The third-order valence-corrected chi connectivity index (χ3v) is 4.81. The maximum Gasteiger partial charge on any atom is 0.0766 e. The Morgan fingerprint density at radius 1 is 1.33 bits per heavy atom. The van der Waals surface area contributed by atoms with Crippen LogP contribution in [0, 0.1) is 5.41 Å². The van der Waals surface area contributed by atoms with E-state index in [2.05, 4.69) is 55.6 Å². The van der Waals surface area contributed by atoms with Crippen LogP contribution < -0.4 is 0 Å². The molecule has 0 fully saturated rings. The van der Waals surface area contributed by atoms with Crippen LogP contribution >= 0.6 is 15.9 Å². The van der Waals surface area contributed by atoms with Crippen molar-refractivity contribution in [2.45, 2.75) is 66.5 Å². The van der Waals surface area contributed by atoms with Crippen LogP contribution in [0.15, 0.2) is 4.47 Å². The molecule has 1 aromatic rings. The van der Waals surface area contributed by atoms with Gasteiger partial charge in [-0.3, -0.25) is 4.68 Å². The first-order valence-corrected chi connectivity index (χ1v) is 7.58. The normalized spacial score (nSPS) is 13.9. The molecule has 0 aliphatic rings. The lowest BCUT2D eigenvalue weighted by molar-refractivity contribution is 0.0462. The minimum absolute atomic E-state index is 0.0609. The second-order valence-electron chi connectivity index (χ2n) is 5.44. The van der Waals surface area contributed by atoms with Crippen molar-refractivity contribution in [3.8, 4) is 0 Å². The monoisotopic (exact) mass is 316 g/mol. The first-order valence-electron chi connectivity index (χ1n) is 6.79. The minimum atomic E-state index is -0.342. The van der Waals surface area contributed by atoms with E-state index in [9.17, 15) is 5.11 Å². The van der Waals surface area contributed by atoms with E-state index in [1.54, 1.807) is 0 Å². The molecule has 0 saturated heterocycles. The second-order valence-corrected chi connectivity index (χ2v) is 6.23. The van der Waals surface area contributed by atoms with Crippen LogP contribution in [0.1, 0.15) is 52.4 Å². The number of aromatic nitrogens is 2. The fourth-order valence-corrected chi connectivity index (χ4v) is 2.63. The highest BCUT2D eigenvalue weighted by Crippen LogP contribution is 2.30. The van der Waals surface area contributed by atoms with Crippen LogP contribution in [-0.4, -0.2) is 21.0 Å². The molecule has 104 valence electrons. The molecule has 1 N–H and O–H groups in total. The third-order valence-electron chi connectivity index (χ3n) is 3.89. The predicted octanol–water partition coefficient (Wildman–Crippen LogP) is 3.57. The van der Waals surface area contributed by atoms with E-state index < -0.39 is 0 Å². The number of nitrogens with zero attached hydrogens (tertiary/aromatic N) is 2. The number of aliphatic hydroxyl groups is 1. The van der Waals surface area contributed by atoms with Crippen molar-refractivity contribution in [3.63, 3.8) is 0 Å². The minimum Gasteiger partial charge on any atom is -0.392 e. The van der Waals surface area contributed by atoms with Crippen LogP contribution in [0.3, 0.4) is 0 Å². The van der Waals surface area contributed by atoms with Gasteiger partial charge in [0.15, 0.2) is 0 Å². The molecular weight excluding hydrogens is 292 g/mol. The molecule has 1 rings (SSSR count). The van der Waals surface area contributed by atoms with Crippen molar-refractivity contribution in [2.24, 2.45) is 5.41 Å². The van der Waals surface area contributed by atoms with Gasteiger partial charge in [-0.25, -0.2) is 0 Å². The lowest BCUT2D eigenvalue weighted by atomic mass is 9.82. The summed E-state index contributed by atoms with van der Waals surface area (Å²) < 4.78 is 3.07. The molecule has 1 heterocycles. The van der Waals surface area contributed by atoms with Crippen LogP contribution in [0.2, 0.25) is 0 Å². The van der Waals surface area contributed by atoms with E-state index in [4.69, 9.17) is 0 Å². The quantitative estimate of drug-likeness (QED) is 0.871. The van der Waals surface area contributed by atoms with Gasteiger partial charge in [0.2, 0.25) is 0 Å². The van der Waals surface area contributed by atoms with E-state index in [1.807, 2.05) is 4.68 Å².